The highest BCUT2D eigenvalue weighted by atomic mass is 28.3. The van der Waals surface area contributed by atoms with Crippen molar-refractivity contribution in [2.24, 2.45) is 18.9 Å². The Morgan fingerprint density at radius 2 is 1.28 bits per heavy atom. The summed E-state index contributed by atoms with van der Waals surface area (Å²) < 4.78 is 1.76. The van der Waals surface area contributed by atoms with E-state index in [1.807, 2.05) is 68.6 Å². The van der Waals surface area contributed by atoms with Gasteiger partial charge < -0.3 is 10.6 Å². The van der Waals surface area contributed by atoms with Crippen molar-refractivity contribution in [3.05, 3.63) is 72.2 Å². The molecule has 8 heteroatoms. The number of amides is 2. The summed E-state index contributed by atoms with van der Waals surface area (Å²) in [6, 6.07) is 18.1. The molecule has 7 nitrogen and oxygen atoms in total. The van der Waals surface area contributed by atoms with E-state index in [1.165, 1.54) is 0 Å². The summed E-state index contributed by atoms with van der Waals surface area (Å²) in [6.07, 6.45) is 10.2. The normalized spacial score (nSPS) is 20.2. The molecule has 2 aliphatic carbocycles. The highest BCUT2D eigenvalue weighted by Crippen LogP contribution is 2.41. The third-order valence-corrected chi connectivity index (χ3v) is 17.9. The summed E-state index contributed by atoms with van der Waals surface area (Å²) in [7, 11) is 0.160. The minimum Gasteiger partial charge on any atom is -0.348 e. The number of carbonyl (C=O) groups excluding carboxylic acids is 2. The molecule has 2 aromatic carbocycles. The number of para-hydroxylation sites is 1. The molecule has 0 saturated heterocycles. The van der Waals surface area contributed by atoms with Crippen molar-refractivity contribution < 1.29 is 9.59 Å². The van der Waals surface area contributed by atoms with Crippen molar-refractivity contribution in [2.75, 3.05) is 0 Å². The summed E-state index contributed by atoms with van der Waals surface area (Å²) in [6.45, 7) is 16.1. The van der Waals surface area contributed by atoms with Gasteiger partial charge in [0.15, 0.2) is 5.69 Å². The molecule has 4 atom stereocenters. The number of aryl methyl sites for hydroxylation is 1. The van der Waals surface area contributed by atoms with Crippen molar-refractivity contribution in [3.63, 3.8) is 0 Å². The third kappa shape index (κ3) is 9.40. The molecule has 2 amide bonds. The predicted molar refractivity (Wildman–Crippen MR) is 221 cm³/mol. The van der Waals surface area contributed by atoms with Gasteiger partial charge in [0.2, 0.25) is 0 Å². The van der Waals surface area contributed by atoms with Crippen LogP contribution >= 0.6 is 0 Å². The Kier molecular flexibility index (Phi) is 13.6. The molecule has 0 bridgehead atoms. The van der Waals surface area contributed by atoms with Crippen LogP contribution in [0.1, 0.15) is 121 Å². The van der Waals surface area contributed by atoms with E-state index in [4.69, 9.17) is 0 Å². The zero-order chi connectivity index (χ0) is 38.1. The number of pyridine rings is 1. The minimum absolute atomic E-state index is 0.0642. The number of carbonyl (C=O) groups is 2. The highest BCUT2D eigenvalue weighted by molar-refractivity contribution is 6.90. The van der Waals surface area contributed by atoms with Crippen LogP contribution < -0.4 is 10.6 Å². The van der Waals surface area contributed by atoms with Crippen LogP contribution in [0.4, 0.5) is 0 Å². The molecule has 2 saturated carbocycles. The maximum atomic E-state index is 13.0. The van der Waals surface area contributed by atoms with Gasteiger partial charge in [-0.15, -0.1) is 23.3 Å². The Morgan fingerprint density at radius 1 is 0.736 bits per heavy atom. The Bertz CT molecular complexity index is 1980. The summed E-state index contributed by atoms with van der Waals surface area (Å²) in [4.78, 5) is 30.0. The van der Waals surface area contributed by atoms with Gasteiger partial charge in [0.1, 0.15) is 13.8 Å². The molecule has 2 heterocycles. The van der Waals surface area contributed by atoms with Gasteiger partial charge in [-0.3, -0.25) is 19.3 Å². The second-order valence-electron chi connectivity index (χ2n) is 16.0. The first-order valence-corrected chi connectivity index (χ1v) is 22.0. The molecule has 0 radical (unpaired) electrons. The fraction of sp³-hybridized carbons (Fsp3) is 0.511. The van der Waals surface area contributed by atoms with Gasteiger partial charge in [-0.05, 0) is 79.6 Å². The molecule has 280 valence electrons. The van der Waals surface area contributed by atoms with E-state index in [0.717, 1.165) is 73.0 Å². The standard InChI is InChI=1S/C27H38N2OSi.C18H21N3O/c1-19(2)31(20(3)4,21(5)6)17-15-22-10-9-12-24(18-22)29-27(30)26-25-13-8-7-11-23(25)14-16-28-26;1-3-7-13-8-6-9-14(12-13)19-18(22)17-15-10-4-5-11-16(15)21(2)20-17/h7-8,11,13-14,16,19-22,24H,9-10,12,18H2,1-6H3,(H,29,30);4-5,10-11,13-14H,6,8-9,12H2,1-2H3,(H,19,22). The maximum Gasteiger partial charge on any atom is 0.272 e. The average Bonchev–Trinajstić information content (AvgIpc) is 3.48. The molecular weight excluding hydrogens is 671 g/mol. The number of benzene rings is 2. The topological polar surface area (TPSA) is 88.9 Å². The second kappa shape index (κ2) is 18.1. The minimum atomic E-state index is -1.71. The zero-order valence-corrected chi connectivity index (χ0v) is 34.1. The van der Waals surface area contributed by atoms with Crippen molar-refractivity contribution in [1.82, 2.24) is 25.4 Å². The molecule has 2 aliphatic rings. The van der Waals surface area contributed by atoms with Crippen LogP contribution in [0.2, 0.25) is 16.6 Å². The maximum absolute atomic E-state index is 13.0. The van der Waals surface area contributed by atoms with E-state index >= 15 is 0 Å². The summed E-state index contributed by atoms with van der Waals surface area (Å²) in [5.74, 6) is 10.6. The van der Waals surface area contributed by atoms with Gasteiger partial charge in [0.05, 0.1) is 5.52 Å². The molecule has 6 rings (SSSR count). The molecule has 2 aromatic heterocycles. The van der Waals surface area contributed by atoms with Crippen LogP contribution in [0, 0.1) is 35.1 Å². The Balaban J connectivity index is 0.000000216. The molecule has 0 aliphatic heterocycles. The third-order valence-electron chi connectivity index (χ3n) is 11.6. The van der Waals surface area contributed by atoms with Crippen LogP contribution in [-0.2, 0) is 7.05 Å². The Morgan fingerprint density at radius 3 is 1.89 bits per heavy atom. The average molecular weight is 730 g/mol. The summed E-state index contributed by atoms with van der Waals surface area (Å²) >= 11 is 0. The first-order chi connectivity index (χ1) is 25.4. The van der Waals surface area contributed by atoms with Crippen LogP contribution in [0.5, 0.6) is 0 Å². The van der Waals surface area contributed by atoms with Crippen molar-refractivity contribution in [1.29, 1.82) is 0 Å². The van der Waals surface area contributed by atoms with Crippen LogP contribution in [-0.4, -0.2) is 46.7 Å². The van der Waals surface area contributed by atoms with Gasteiger partial charge >= 0.3 is 0 Å². The monoisotopic (exact) mass is 729 g/mol. The summed E-state index contributed by atoms with van der Waals surface area (Å²) in [5, 5.41) is 13.7. The lowest BCUT2D eigenvalue weighted by atomic mass is 9.86. The van der Waals surface area contributed by atoms with Gasteiger partial charge in [0.25, 0.3) is 11.8 Å². The fourth-order valence-corrected chi connectivity index (χ4v) is 14.3. The number of nitrogens with zero attached hydrogens (tertiary/aromatic N) is 3. The van der Waals surface area contributed by atoms with Gasteiger partial charge in [-0.1, -0.05) is 96.8 Å². The number of hydrogen-bond acceptors (Lipinski definition) is 4. The molecule has 53 heavy (non-hydrogen) atoms. The first kappa shape index (κ1) is 39.8. The largest absolute Gasteiger partial charge is 0.348 e. The molecular formula is C45H59N5O2Si. The number of fused-ring (bicyclic) bond motifs is 2. The van der Waals surface area contributed by atoms with E-state index in [0.29, 0.717) is 39.8 Å². The fourth-order valence-electron chi connectivity index (χ4n) is 8.96. The zero-order valence-electron chi connectivity index (χ0n) is 33.1. The smallest absolute Gasteiger partial charge is 0.272 e. The second-order valence-corrected chi connectivity index (χ2v) is 21.6. The lowest BCUT2D eigenvalue weighted by molar-refractivity contribution is 0.0911. The highest BCUT2D eigenvalue weighted by Gasteiger charge is 2.42. The number of rotatable bonds is 7. The molecule has 4 unspecified atom stereocenters. The quantitative estimate of drug-likeness (QED) is 0.147. The van der Waals surface area contributed by atoms with E-state index in [2.05, 4.69) is 85.6 Å². The predicted octanol–water partition coefficient (Wildman–Crippen LogP) is 9.63. The number of nitrogens with one attached hydrogen (secondary N) is 2. The summed E-state index contributed by atoms with van der Waals surface area (Å²) in [5.41, 5.74) is 7.86. The van der Waals surface area contributed by atoms with Crippen molar-refractivity contribution in [3.8, 4) is 23.3 Å². The Hall–Kier alpha value is -4.40. The van der Waals surface area contributed by atoms with Crippen LogP contribution in [0.25, 0.3) is 21.7 Å². The van der Waals surface area contributed by atoms with Crippen molar-refractivity contribution >= 4 is 41.6 Å². The van der Waals surface area contributed by atoms with E-state index in [9.17, 15) is 9.59 Å². The molecule has 0 spiro atoms. The van der Waals surface area contributed by atoms with Crippen LogP contribution in [0.15, 0.2) is 60.8 Å². The van der Waals surface area contributed by atoms with Gasteiger partial charge in [-0.25, -0.2) is 0 Å². The van der Waals surface area contributed by atoms with Crippen LogP contribution in [0.3, 0.4) is 0 Å². The lowest BCUT2D eigenvalue weighted by Crippen LogP contribution is -2.43. The van der Waals surface area contributed by atoms with Crippen molar-refractivity contribution in [2.45, 2.75) is 129 Å². The Labute approximate surface area is 318 Å². The van der Waals surface area contributed by atoms with Gasteiger partial charge in [-0.2, -0.15) is 5.10 Å². The number of hydrogen-bond donors (Lipinski definition) is 2. The lowest BCUT2D eigenvalue weighted by Gasteiger charge is -2.38. The molecule has 2 N–H and O–H groups in total. The molecule has 4 aromatic rings. The van der Waals surface area contributed by atoms with Gasteiger partial charge in [0, 0.05) is 47.9 Å². The van der Waals surface area contributed by atoms with E-state index in [1.54, 1.807) is 10.9 Å². The number of aromatic nitrogens is 3. The first-order valence-electron chi connectivity index (χ1n) is 19.8. The van der Waals surface area contributed by atoms with E-state index in [-0.39, 0.29) is 23.9 Å². The molecule has 2 fully saturated rings. The SMILES string of the molecule is CC#CC1CCCC(NC(=O)c2nn(C)c3ccccc23)C1.CC(C)[Si](C#CC1CCCC(NC(=O)c2nccc3ccccc23)C1)(C(C)C)C(C)C. The van der Waals surface area contributed by atoms with E-state index < -0.39 is 8.07 Å².